The van der Waals surface area contributed by atoms with Gasteiger partial charge in [0.25, 0.3) is 0 Å². The Balaban J connectivity index is 0.000000840. The second kappa shape index (κ2) is 28.5. The molecular formula is C38H78O4Sn2. The first-order valence-corrected chi connectivity index (χ1v) is 34.1. The molecule has 2 atom stereocenters. The Morgan fingerprint density at radius 2 is 0.864 bits per heavy atom. The maximum atomic E-state index is 12.5. The van der Waals surface area contributed by atoms with Gasteiger partial charge in [-0.1, -0.05) is 0 Å². The van der Waals surface area contributed by atoms with E-state index in [0.29, 0.717) is 18.8 Å². The van der Waals surface area contributed by atoms with E-state index in [9.17, 15) is 9.59 Å². The average molecular weight is 836 g/mol. The van der Waals surface area contributed by atoms with Gasteiger partial charge in [-0.3, -0.25) is 0 Å². The molecule has 262 valence electrons. The summed E-state index contributed by atoms with van der Waals surface area (Å²) in [6.45, 7) is 18.0. The molecule has 6 heteroatoms. The van der Waals surface area contributed by atoms with Crippen LogP contribution < -0.4 is 0 Å². The predicted molar refractivity (Wildman–Crippen MR) is 197 cm³/mol. The molecule has 0 bridgehead atoms. The van der Waals surface area contributed by atoms with Crippen molar-refractivity contribution in [2.24, 2.45) is 11.8 Å². The Morgan fingerprint density at radius 3 is 1.16 bits per heavy atom. The standard InChI is InChI=1S/C7H12O2.C7H14O2.6C4H9.2Sn/c1-5-2-3-6(5)4-7(8)9;1-2-3-4-5-6-7(8)9;6*1-3-4-2;;/h5-6H,2-4H2,1H3,(H,8,9);2-6H2,1H3,(H,8,9);6*1,3-4H2,2H3;;/q;;;;;;;;2*+1/p-2. The molecule has 4 nitrogen and oxygen atoms in total. The van der Waals surface area contributed by atoms with Crippen molar-refractivity contribution in [1.29, 1.82) is 0 Å². The fraction of sp³-hybridized carbons (Fsp3) is 0.947. The molecule has 44 heavy (non-hydrogen) atoms. The first-order chi connectivity index (χ1) is 21.2. The Hall–Kier alpha value is 0.537. The summed E-state index contributed by atoms with van der Waals surface area (Å²) in [6.07, 6.45) is 23.5. The summed E-state index contributed by atoms with van der Waals surface area (Å²) in [4.78, 5) is 24.9. The number of unbranched alkanes of at least 4 members (excludes halogenated alkanes) is 9. The molecular weight excluding hydrogens is 758 g/mol. The van der Waals surface area contributed by atoms with Crippen LogP contribution in [0.4, 0.5) is 0 Å². The molecule has 0 amide bonds. The Kier molecular flexibility index (Phi) is 28.9. The van der Waals surface area contributed by atoms with Crippen LogP contribution >= 0.6 is 0 Å². The van der Waals surface area contributed by atoms with Crippen molar-refractivity contribution in [3.8, 4) is 0 Å². The summed E-state index contributed by atoms with van der Waals surface area (Å²) in [6, 6.07) is 0. The fourth-order valence-corrected chi connectivity index (χ4v) is 33.0. The molecule has 0 saturated heterocycles. The summed E-state index contributed by atoms with van der Waals surface area (Å²) in [7, 11) is 0. The van der Waals surface area contributed by atoms with Gasteiger partial charge >= 0.3 is 288 Å². The van der Waals surface area contributed by atoms with E-state index >= 15 is 0 Å². The minimum atomic E-state index is -2.71. The number of hydrogen-bond acceptors (Lipinski definition) is 4. The average Bonchev–Trinajstić information content (AvgIpc) is 3.02. The molecule has 0 aliphatic heterocycles. The van der Waals surface area contributed by atoms with Gasteiger partial charge in [0, 0.05) is 0 Å². The minimum absolute atomic E-state index is 0.134. The first-order valence-electron chi connectivity index (χ1n) is 19.6. The van der Waals surface area contributed by atoms with Crippen molar-refractivity contribution in [1.82, 2.24) is 0 Å². The third-order valence-corrected chi connectivity index (χ3v) is 35.5. The Bertz CT molecular complexity index is 655. The van der Waals surface area contributed by atoms with Gasteiger partial charge in [-0.2, -0.15) is 0 Å². The van der Waals surface area contributed by atoms with Crippen LogP contribution in [0, 0.1) is 11.8 Å². The molecule has 1 aliphatic carbocycles. The van der Waals surface area contributed by atoms with Crippen LogP contribution in [0.2, 0.25) is 26.6 Å². The predicted octanol–water partition coefficient (Wildman–Crippen LogP) is 13.2. The van der Waals surface area contributed by atoms with E-state index in [2.05, 4.69) is 55.4 Å². The van der Waals surface area contributed by atoms with Crippen LogP contribution in [0.3, 0.4) is 0 Å². The number of carbonyl (C=O) groups is 2. The van der Waals surface area contributed by atoms with Crippen LogP contribution in [-0.4, -0.2) is 49.5 Å². The molecule has 1 saturated carbocycles. The fourth-order valence-electron chi connectivity index (χ4n) is 6.57. The van der Waals surface area contributed by atoms with Gasteiger partial charge in [-0.05, 0) is 0 Å². The number of carbonyl (C=O) groups excluding carboxylic acids is 2. The summed E-state index contributed by atoms with van der Waals surface area (Å²) in [5.41, 5.74) is 0. The molecule has 0 spiro atoms. The van der Waals surface area contributed by atoms with Gasteiger partial charge in [0.2, 0.25) is 0 Å². The van der Waals surface area contributed by atoms with Crippen molar-refractivity contribution in [2.45, 2.75) is 210 Å². The van der Waals surface area contributed by atoms with E-state index in [1.807, 2.05) is 0 Å². The zero-order chi connectivity index (χ0) is 33.1. The van der Waals surface area contributed by atoms with E-state index in [-0.39, 0.29) is 11.9 Å². The van der Waals surface area contributed by atoms with Crippen LogP contribution in [0.25, 0.3) is 0 Å². The van der Waals surface area contributed by atoms with E-state index < -0.39 is 37.6 Å². The van der Waals surface area contributed by atoms with E-state index in [0.717, 1.165) is 12.3 Å². The van der Waals surface area contributed by atoms with Crippen LogP contribution in [0.5, 0.6) is 0 Å². The molecule has 0 aromatic rings. The van der Waals surface area contributed by atoms with Crippen molar-refractivity contribution in [3.05, 3.63) is 0 Å². The zero-order valence-electron chi connectivity index (χ0n) is 31.2. The third kappa shape index (κ3) is 20.7. The molecule has 0 N–H and O–H groups in total. The quantitative estimate of drug-likeness (QED) is 0.0611. The van der Waals surface area contributed by atoms with Crippen molar-refractivity contribution >= 4 is 49.5 Å². The summed E-state index contributed by atoms with van der Waals surface area (Å²) in [5, 5.41) is 0. The van der Waals surface area contributed by atoms with Crippen molar-refractivity contribution in [3.63, 3.8) is 0 Å². The van der Waals surface area contributed by atoms with Gasteiger partial charge in [-0.15, -0.1) is 0 Å². The van der Waals surface area contributed by atoms with Crippen LogP contribution in [0.1, 0.15) is 184 Å². The molecule has 0 radical (unpaired) electrons. The SMILES string of the molecule is CCCCCCC(=O)[O][Sn]([CH2]CCC)([CH2]CCC)[CH2]CCC.CCC[CH2][Sn]([CH2]CCC)([CH2]CCC)[O]C(=O)CC1CCC1C. The first kappa shape index (κ1) is 44.5. The van der Waals surface area contributed by atoms with Crippen LogP contribution in [0.15, 0.2) is 0 Å². The maximum absolute atomic E-state index is 12.5. The Labute approximate surface area is 285 Å². The molecule has 1 rings (SSSR count). The Morgan fingerprint density at radius 1 is 0.500 bits per heavy atom. The molecule has 0 aromatic heterocycles. The summed E-state index contributed by atoms with van der Waals surface area (Å²) >= 11 is -5.40. The second-order valence-corrected chi connectivity index (χ2v) is 37.5. The van der Waals surface area contributed by atoms with Gasteiger partial charge in [-0.25, -0.2) is 0 Å². The topological polar surface area (TPSA) is 52.6 Å². The van der Waals surface area contributed by atoms with E-state index in [1.165, 1.54) is 136 Å². The number of hydrogen-bond donors (Lipinski definition) is 0. The molecule has 2 unspecified atom stereocenters. The van der Waals surface area contributed by atoms with Crippen LogP contribution in [-0.2, 0) is 15.7 Å². The van der Waals surface area contributed by atoms with E-state index in [4.69, 9.17) is 6.15 Å². The number of rotatable bonds is 27. The monoisotopic (exact) mass is 838 g/mol. The molecule has 0 aromatic carbocycles. The van der Waals surface area contributed by atoms with E-state index in [1.54, 1.807) is 0 Å². The molecule has 1 fully saturated rings. The van der Waals surface area contributed by atoms with Crippen molar-refractivity contribution in [2.75, 3.05) is 0 Å². The van der Waals surface area contributed by atoms with Gasteiger partial charge in [0.15, 0.2) is 0 Å². The summed E-state index contributed by atoms with van der Waals surface area (Å²) in [5.74, 6) is 1.64. The molecule has 1 aliphatic rings. The van der Waals surface area contributed by atoms with Crippen molar-refractivity contribution < 1.29 is 15.7 Å². The summed E-state index contributed by atoms with van der Waals surface area (Å²) < 4.78 is 20.2. The third-order valence-electron chi connectivity index (χ3n) is 10.0. The zero-order valence-corrected chi connectivity index (χ0v) is 36.9. The second-order valence-electron chi connectivity index (χ2n) is 14.3. The van der Waals surface area contributed by atoms with Gasteiger partial charge < -0.3 is 0 Å². The van der Waals surface area contributed by atoms with Gasteiger partial charge in [0.05, 0.1) is 0 Å². The van der Waals surface area contributed by atoms with Gasteiger partial charge in [0.1, 0.15) is 0 Å². The molecule has 0 heterocycles. The normalized spacial score (nSPS) is 16.5.